The minimum Gasteiger partial charge on any atom is -0.461 e. The fourth-order valence-electron chi connectivity index (χ4n) is 7.13. The quantitative estimate of drug-likeness (QED) is 0.362. The van der Waals surface area contributed by atoms with Crippen LogP contribution in [0.1, 0.15) is 80.6 Å². The molecule has 0 aromatic heterocycles. The molecule has 2 heterocycles. The molecule has 2 saturated heterocycles. The number of aliphatic hydroxyl groups excluding tert-OH is 3. The number of likely N-dealkylation sites (N-methyl/N-ethyl adjacent to an activating group) is 1. The molecule has 0 radical (unpaired) electrons. The molecule has 3 aliphatic rings. The molecule has 10 heteroatoms. The maximum atomic E-state index is 13.8. The Balaban J connectivity index is 1.99. The van der Waals surface area contributed by atoms with E-state index in [4.69, 9.17) is 14.2 Å². The Labute approximate surface area is 245 Å². The van der Waals surface area contributed by atoms with Gasteiger partial charge in [-0.25, -0.2) is 0 Å². The van der Waals surface area contributed by atoms with Gasteiger partial charge >= 0.3 is 5.97 Å². The lowest BCUT2D eigenvalue weighted by Gasteiger charge is -2.45. The minimum atomic E-state index is -1.68. The monoisotopic (exact) mass is 585 g/mol. The van der Waals surface area contributed by atoms with Crippen LogP contribution >= 0.6 is 0 Å². The van der Waals surface area contributed by atoms with Gasteiger partial charge in [0.05, 0.1) is 42.0 Å². The van der Waals surface area contributed by atoms with Gasteiger partial charge in [0.25, 0.3) is 0 Å². The third-order valence-corrected chi connectivity index (χ3v) is 10.3. The first kappa shape index (κ1) is 34.4. The van der Waals surface area contributed by atoms with E-state index in [2.05, 4.69) is 0 Å². The number of cyclic esters (lactones) is 1. The highest BCUT2D eigenvalue weighted by molar-refractivity contribution is 5.83. The van der Waals surface area contributed by atoms with E-state index in [-0.39, 0.29) is 24.2 Å². The number of hydrogen-bond donors (Lipinski definition) is 4. The summed E-state index contributed by atoms with van der Waals surface area (Å²) in [5.74, 6) is -4.06. The topological polar surface area (TPSA) is 146 Å². The summed E-state index contributed by atoms with van der Waals surface area (Å²) in [5.41, 5.74) is -1.68. The second kappa shape index (κ2) is 13.7. The van der Waals surface area contributed by atoms with E-state index in [0.717, 1.165) is 19.3 Å². The second-order valence-electron chi connectivity index (χ2n) is 13.8. The van der Waals surface area contributed by atoms with E-state index in [1.54, 1.807) is 34.6 Å². The highest BCUT2D eigenvalue weighted by atomic mass is 16.7. The zero-order valence-corrected chi connectivity index (χ0v) is 26.4. The standard InChI is InChI=1S/C31H55NO9/c1-15-14-31(7,38)29(36)18(4)27(40-23-13-22(32(8)9)26(35)20(6)39-23)19(5)30(37)41-28(21-11-10-12-21)17(3)25(34)16(2)24(15)33/h15-23,25-29,34-36,38H,10-14H2,1-9H3/t15-,16+,17-,18+,19-,20?,22?,23+,25-,26-,27+,28+,29-,31-/m1/s1. The first-order valence-electron chi connectivity index (χ1n) is 15.5. The molecule has 0 bridgehead atoms. The highest BCUT2D eigenvalue weighted by Gasteiger charge is 2.48. The molecular weight excluding hydrogens is 530 g/mol. The first-order chi connectivity index (χ1) is 19.0. The summed E-state index contributed by atoms with van der Waals surface area (Å²) in [6.07, 6.45) is -2.79. The molecule has 3 fully saturated rings. The number of hydrogen-bond acceptors (Lipinski definition) is 10. The molecule has 4 N–H and O–H groups in total. The SMILES string of the molecule is CC1O[C@@H](O[C@H]2[C@H](C)[C@@H](O)[C@](C)(O)C[C@@H](C)C(=O)[C@H](C)[C@@H](O)[C@@H](C)[C@@H](C3CCC3)OC(=O)[C@@H]2C)CC(N(C)C)[C@@H]1O. The Morgan fingerprint density at radius 3 is 2.07 bits per heavy atom. The van der Waals surface area contributed by atoms with Crippen LogP contribution in [0, 0.1) is 35.5 Å². The van der Waals surface area contributed by atoms with E-state index >= 15 is 0 Å². The maximum Gasteiger partial charge on any atom is 0.311 e. The molecule has 3 rings (SSSR count). The van der Waals surface area contributed by atoms with Crippen molar-refractivity contribution in [3.63, 3.8) is 0 Å². The average Bonchev–Trinajstić information content (AvgIpc) is 2.88. The fourth-order valence-corrected chi connectivity index (χ4v) is 7.13. The van der Waals surface area contributed by atoms with Gasteiger partial charge in [-0.15, -0.1) is 0 Å². The minimum absolute atomic E-state index is 0.0216. The van der Waals surface area contributed by atoms with Gasteiger partial charge < -0.3 is 39.5 Å². The number of nitrogens with zero attached hydrogens (tertiary/aromatic N) is 1. The van der Waals surface area contributed by atoms with Crippen LogP contribution in [0.2, 0.25) is 0 Å². The van der Waals surface area contributed by atoms with Crippen LogP contribution < -0.4 is 0 Å². The van der Waals surface area contributed by atoms with E-state index in [0.29, 0.717) is 6.42 Å². The molecule has 0 spiro atoms. The molecule has 0 amide bonds. The number of aliphatic hydroxyl groups is 4. The van der Waals surface area contributed by atoms with Crippen molar-refractivity contribution >= 4 is 11.8 Å². The predicted octanol–water partition coefficient (Wildman–Crippen LogP) is 2.14. The molecule has 10 nitrogen and oxygen atoms in total. The number of Topliss-reactive ketones (excluding diaryl/α,β-unsaturated/α-hetero) is 1. The summed E-state index contributed by atoms with van der Waals surface area (Å²) in [6, 6.07) is -0.243. The van der Waals surface area contributed by atoms with Crippen molar-refractivity contribution in [2.24, 2.45) is 35.5 Å². The van der Waals surface area contributed by atoms with Crippen molar-refractivity contribution in [3.05, 3.63) is 0 Å². The Morgan fingerprint density at radius 1 is 0.927 bits per heavy atom. The Kier molecular flexibility index (Phi) is 11.4. The normalized spacial score (nSPS) is 47.9. The van der Waals surface area contributed by atoms with Crippen LogP contribution in [0.4, 0.5) is 0 Å². The number of ketones is 1. The van der Waals surface area contributed by atoms with E-state index in [1.807, 2.05) is 25.9 Å². The molecule has 0 aromatic carbocycles. The summed E-state index contributed by atoms with van der Waals surface area (Å²) in [5, 5.41) is 44.8. The maximum absolute atomic E-state index is 13.8. The van der Waals surface area contributed by atoms with Crippen molar-refractivity contribution in [1.82, 2.24) is 4.90 Å². The zero-order valence-electron chi connectivity index (χ0n) is 26.4. The molecule has 2 unspecified atom stereocenters. The van der Waals surface area contributed by atoms with Gasteiger partial charge in [-0.1, -0.05) is 34.1 Å². The lowest BCUT2D eigenvalue weighted by atomic mass is 9.71. The lowest BCUT2D eigenvalue weighted by molar-refractivity contribution is -0.268. The summed E-state index contributed by atoms with van der Waals surface area (Å²) in [4.78, 5) is 29.0. The van der Waals surface area contributed by atoms with Gasteiger partial charge in [-0.3, -0.25) is 9.59 Å². The number of esters is 1. The molecule has 1 aliphatic carbocycles. The van der Waals surface area contributed by atoms with Crippen molar-refractivity contribution in [1.29, 1.82) is 0 Å². The molecule has 41 heavy (non-hydrogen) atoms. The summed E-state index contributed by atoms with van der Waals surface area (Å²) in [6.45, 7) is 11.9. The van der Waals surface area contributed by atoms with Gasteiger partial charge in [-0.05, 0) is 60.0 Å². The van der Waals surface area contributed by atoms with Gasteiger partial charge in [0.15, 0.2) is 6.29 Å². The summed E-state index contributed by atoms with van der Waals surface area (Å²) in [7, 11) is 3.74. The zero-order chi connectivity index (χ0) is 31.0. The van der Waals surface area contributed by atoms with Crippen LogP contribution in [0.5, 0.6) is 0 Å². The molecule has 1 saturated carbocycles. The third-order valence-electron chi connectivity index (χ3n) is 10.3. The average molecular weight is 586 g/mol. The van der Waals surface area contributed by atoms with Gasteiger partial charge in [0, 0.05) is 36.1 Å². The molecule has 14 atom stereocenters. The van der Waals surface area contributed by atoms with Crippen LogP contribution in [0.25, 0.3) is 0 Å². The van der Waals surface area contributed by atoms with Crippen LogP contribution in [-0.2, 0) is 23.8 Å². The van der Waals surface area contributed by atoms with Crippen molar-refractivity contribution < 1.29 is 44.2 Å². The number of rotatable bonds is 4. The van der Waals surface area contributed by atoms with Crippen molar-refractivity contribution in [2.75, 3.05) is 14.1 Å². The van der Waals surface area contributed by atoms with Gasteiger partial charge in [-0.2, -0.15) is 0 Å². The van der Waals surface area contributed by atoms with Crippen molar-refractivity contribution in [3.8, 4) is 0 Å². The highest BCUT2D eigenvalue weighted by Crippen LogP contribution is 2.40. The van der Waals surface area contributed by atoms with Crippen LogP contribution in [0.3, 0.4) is 0 Å². The van der Waals surface area contributed by atoms with E-state index in [1.165, 1.54) is 6.92 Å². The largest absolute Gasteiger partial charge is 0.461 e. The molecule has 238 valence electrons. The van der Waals surface area contributed by atoms with Crippen molar-refractivity contribution in [2.45, 2.75) is 135 Å². The Morgan fingerprint density at radius 2 is 1.54 bits per heavy atom. The third kappa shape index (κ3) is 7.51. The molecular formula is C31H55NO9. The van der Waals surface area contributed by atoms with E-state index in [9.17, 15) is 30.0 Å². The molecule has 2 aliphatic heterocycles. The summed E-state index contributed by atoms with van der Waals surface area (Å²) >= 11 is 0. The lowest BCUT2D eigenvalue weighted by Crippen LogP contribution is -2.56. The van der Waals surface area contributed by atoms with Gasteiger partial charge in [0.2, 0.25) is 0 Å². The summed E-state index contributed by atoms with van der Waals surface area (Å²) < 4.78 is 18.6. The number of carbonyl (C=O) groups is 2. The second-order valence-corrected chi connectivity index (χ2v) is 13.8. The van der Waals surface area contributed by atoms with Gasteiger partial charge in [0.1, 0.15) is 11.9 Å². The van der Waals surface area contributed by atoms with E-state index < -0.39 is 84.1 Å². The number of carbonyl (C=O) groups excluding carboxylic acids is 2. The molecule has 0 aromatic rings. The number of ether oxygens (including phenoxy) is 3. The first-order valence-corrected chi connectivity index (χ1v) is 15.5. The predicted molar refractivity (Wildman–Crippen MR) is 153 cm³/mol. The van der Waals surface area contributed by atoms with Crippen LogP contribution in [-0.4, -0.2) is 106 Å². The Hall–Kier alpha value is -1.14. The van der Waals surface area contributed by atoms with Crippen LogP contribution in [0.15, 0.2) is 0 Å². The Bertz CT molecular complexity index is 893. The smallest absolute Gasteiger partial charge is 0.311 e. The fraction of sp³-hybridized carbons (Fsp3) is 0.935.